The van der Waals surface area contributed by atoms with Crippen molar-refractivity contribution in [2.75, 3.05) is 18.4 Å². The molecule has 2 rings (SSSR count). The lowest BCUT2D eigenvalue weighted by Crippen LogP contribution is -2.29. The highest BCUT2D eigenvalue weighted by molar-refractivity contribution is 5.31. The molecule has 0 aliphatic carbocycles. The lowest BCUT2D eigenvalue weighted by atomic mass is 10.2. The third-order valence-electron chi connectivity index (χ3n) is 2.26. The second kappa shape index (κ2) is 4.18. The summed E-state index contributed by atoms with van der Waals surface area (Å²) >= 11 is 0. The molecule has 1 aromatic rings. The quantitative estimate of drug-likeness (QED) is 0.713. The van der Waals surface area contributed by atoms with Crippen molar-refractivity contribution in [2.45, 2.75) is 18.9 Å². The van der Waals surface area contributed by atoms with Crippen molar-refractivity contribution < 1.29 is 0 Å². The molecule has 0 spiro atoms. The standard InChI is InChI=1S/C9H14N4/c1-3-8(10-5-1)7-11-9-4-2-6-12-13-9/h2,4,6,8,10H,1,3,5,7H2,(H,11,13). The summed E-state index contributed by atoms with van der Waals surface area (Å²) in [5.74, 6) is 0.858. The highest BCUT2D eigenvalue weighted by Crippen LogP contribution is 2.06. The minimum absolute atomic E-state index is 0.599. The Morgan fingerprint density at radius 1 is 1.62 bits per heavy atom. The summed E-state index contributed by atoms with van der Waals surface area (Å²) in [6.07, 6.45) is 4.22. The van der Waals surface area contributed by atoms with Gasteiger partial charge in [-0.1, -0.05) is 0 Å². The zero-order valence-electron chi connectivity index (χ0n) is 7.53. The molecule has 1 aromatic heterocycles. The highest BCUT2D eigenvalue weighted by Gasteiger charge is 2.12. The zero-order valence-corrected chi connectivity index (χ0v) is 7.53. The summed E-state index contributed by atoms with van der Waals surface area (Å²) in [5.41, 5.74) is 0. The van der Waals surface area contributed by atoms with Crippen molar-refractivity contribution in [3.05, 3.63) is 18.3 Å². The van der Waals surface area contributed by atoms with Crippen LogP contribution in [0.3, 0.4) is 0 Å². The Hall–Kier alpha value is -1.16. The molecule has 70 valence electrons. The van der Waals surface area contributed by atoms with Crippen LogP contribution in [-0.2, 0) is 0 Å². The van der Waals surface area contributed by atoms with Crippen LogP contribution in [0.5, 0.6) is 0 Å². The van der Waals surface area contributed by atoms with E-state index in [1.54, 1.807) is 6.20 Å². The Kier molecular flexibility index (Phi) is 2.72. The van der Waals surface area contributed by atoms with Crippen LogP contribution in [0.25, 0.3) is 0 Å². The first-order chi connectivity index (χ1) is 6.45. The maximum atomic E-state index is 3.95. The van der Waals surface area contributed by atoms with Gasteiger partial charge in [-0.2, -0.15) is 5.10 Å². The predicted octanol–water partition coefficient (Wildman–Crippen LogP) is 0.640. The van der Waals surface area contributed by atoms with Crippen LogP contribution in [-0.4, -0.2) is 29.3 Å². The van der Waals surface area contributed by atoms with Crippen LogP contribution in [0.15, 0.2) is 18.3 Å². The normalized spacial score (nSPS) is 21.7. The molecule has 0 radical (unpaired) electrons. The molecule has 1 saturated heterocycles. The first-order valence-electron chi connectivity index (χ1n) is 4.70. The van der Waals surface area contributed by atoms with E-state index in [9.17, 15) is 0 Å². The van der Waals surface area contributed by atoms with Gasteiger partial charge in [0.1, 0.15) is 5.82 Å². The van der Waals surface area contributed by atoms with Gasteiger partial charge in [-0.25, -0.2) is 0 Å². The minimum atomic E-state index is 0.599. The molecule has 1 unspecified atom stereocenters. The van der Waals surface area contributed by atoms with Crippen LogP contribution in [0.2, 0.25) is 0 Å². The Balaban J connectivity index is 1.79. The molecule has 0 aromatic carbocycles. The van der Waals surface area contributed by atoms with Gasteiger partial charge in [-0.3, -0.25) is 0 Å². The van der Waals surface area contributed by atoms with Gasteiger partial charge in [0.2, 0.25) is 0 Å². The lowest BCUT2D eigenvalue weighted by molar-refractivity contribution is 0.632. The fourth-order valence-electron chi connectivity index (χ4n) is 1.55. The summed E-state index contributed by atoms with van der Waals surface area (Å²) in [4.78, 5) is 0. The van der Waals surface area contributed by atoms with Crippen LogP contribution in [0, 0.1) is 0 Å². The predicted molar refractivity (Wildman–Crippen MR) is 51.5 cm³/mol. The molecular weight excluding hydrogens is 164 g/mol. The maximum absolute atomic E-state index is 3.95. The number of hydrogen-bond donors (Lipinski definition) is 2. The van der Waals surface area contributed by atoms with Crippen molar-refractivity contribution in [1.82, 2.24) is 15.5 Å². The van der Waals surface area contributed by atoms with Crippen LogP contribution in [0.1, 0.15) is 12.8 Å². The summed E-state index contributed by atoms with van der Waals surface area (Å²) in [6, 6.07) is 4.42. The van der Waals surface area contributed by atoms with Crippen molar-refractivity contribution in [2.24, 2.45) is 0 Å². The van der Waals surface area contributed by atoms with E-state index in [0.29, 0.717) is 6.04 Å². The van der Waals surface area contributed by atoms with E-state index in [2.05, 4.69) is 20.8 Å². The van der Waals surface area contributed by atoms with Gasteiger partial charge in [0.05, 0.1) is 0 Å². The number of aromatic nitrogens is 2. The Labute approximate surface area is 77.8 Å². The van der Waals surface area contributed by atoms with E-state index < -0.39 is 0 Å². The molecule has 0 saturated carbocycles. The smallest absolute Gasteiger partial charge is 0.148 e. The molecule has 1 atom stereocenters. The molecule has 1 fully saturated rings. The van der Waals surface area contributed by atoms with Gasteiger partial charge in [0.25, 0.3) is 0 Å². The Bertz CT molecular complexity index is 243. The fourth-order valence-corrected chi connectivity index (χ4v) is 1.55. The largest absolute Gasteiger partial charge is 0.367 e. The van der Waals surface area contributed by atoms with Crippen molar-refractivity contribution in [3.8, 4) is 0 Å². The molecule has 2 N–H and O–H groups in total. The Morgan fingerprint density at radius 2 is 2.62 bits per heavy atom. The second-order valence-electron chi connectivity index (χ2n) is 3.28. The van der Waals surface area contributed by atoms with E-state index in [1.807, 2.05) is 12.1 Å². The first-order valence-corrected chi connectivity index (χ1v) is 4.70. The zero-order chi connectivity index (χ0) is 8.93. The highest BCUT2D eigenvalue weighted by atomic mass is 15.2. The van der Waals surface area contributed by atoms with Gasteiger partial charge >= 0.3 is 0 Å². The summed E-state index contributed by atoms with van der Waals surface area (Å²) in [5, 5.41) is 14.4. The van der Waals surface area contributed by atoms with Crippen molar-refractivity contribution in [3.63, 3.8) is 0 Å². The van der Waals surface area contributed by atoms with Gasteiger partial charge in [-0.15, -0.1) is 5.10 Å². The molecule has 0 amide bonds. The fraction of sp³-hybridized carbons (Fsp3) is 0.556. The molecule has 0 bridgehead atoms. The molecular formula is C9H14N4. The van der Waals surface area contributed by atoms with Crippen LogP contribution >= 0.6 is 0 Å². The molecule has 13 heavy (non-hydrogen) atoms. The average molecular weight is 178 g/mol. The van der Waals surface area contributed by atoms with Crippen molar-refractivity contribution >= 4 is 5.82 Å². The third-order valence-corrected chi connectivity index (χ3v) is 2.26. The average Bonchev–Trinajstić information content (AvgIpc) is 2.69. The van der Waals surface area contributed by atoms with Gasteiger partial charge in [-0.05, 0) is 31.5 Å². The van der Waals surface area contributed by atoms with Crippen LogP contribution in [0.4, 0.5) is 5.82 Å². The molecule has 4 nitrogen and oxygen atoms in total. The SMILES string of the molecule is c1cnnc(NCC2CCCN2)c1. The number of hydrogen-bond acceptors (Lipinski definition) is 4. The monoisotopic (exact) mass is 178 g/mol. The third kappa shape index (κ3) is 2.39. The summed E-state index contributed by atoms with van der Waals surface area (Å²) in [7, 11) is 0. The first kappa shape index (κ1) is 8.44. The number of anilines is 1. The maximum Gasteiger partial charge on any atom is 0.148 e. The topological polar surface area (TPSA) is 49.8 Å². The van der Waals surface area contributed by atoms with Gasteiger partial charge in [0, 0.05) is 18.8 Å². The number of nitrogens with zero attached hydrogens (tertiary/aromatic N) is 2. The van der Waals surface area contributed by atoms with E-state index in [-0.39, 0.29) is 0 Å². The summed E-state index contributed by atoms with van der Waals surface area (Å²) < 4.78 is 0. The van der Waals surface area contributed by atoms with E-state index in [0.717, 1.165) is 18.9 Å². The van der Waals surface area contributed by atoms with Gasteiger partial charge in [0.15, 0.2) is 0 Å². The minimum Gasteiger partial charge on any atom is -0.367 e. The second-order valence-corrected chi connectivity index (χ2v) is 3.28. The number of rotatable bonds is 3. The summed E-state index contributed by atoms with van der Waals surface area (Å²) in [6.45, 7) is 2.09. The molecule has 1 aliphatic heterocycles. The number of nitrogens with one attached hydrogen (secondary N) is 2. The molecule has 4 heteroatoms. The van der Waals surface area contributed by atoms with E-state index in [1.165, 1.54) is 12.8 Å². The molecule has 2 heterocycles. The molecule has 1 aliphatic rings. The van der Waals surface area contributed by atoms with Crippen molar-refractivity contribution in [1.29, 1.82) is 0 Å². The van der Waals surface area contributed by atoms with Crippen LogP contribution < -0.4 is 10.6 Å². The van der Waals surface area contributed by atoms with E-state index >= 15 is 0 Å². The Morgan fingerprint density at radius 3 is 3.31 bits per heavy atom. The van der Waals surface area contributed by atoms with E-state index in [4.69, 9.17) is 0 Å². The van der Waals surface area contributed by atoms with Gasteiger partial charge < -0.3 is 10.6 Å². The lowest BCUT2D eigenvalue weighted by Gasteiger charge is -2.10.